The van der Waals surface area contributed by atoms with E-state index in [0.29, 0.717) is 11.4 Å². The average molecular weight is 277 g/mol. The van der Waals surface area contributed by atoms with Gasteiger partial charge in [0.05, 0.1) is 0 Å². The van der Waals surface area contributed by atoms with E-state index in [-0.39, 0.29) is 29.7 Å². The van der Waals surface area contributed by atoms with Crippen LogP contribution in [0.15, 0.2) is 24.3 Å². The molecule has 5 heteroatoms. The predicted octanol–water partition coefficient (Wildman–Crippen LogP) is 2.35. The van der Waals surface area contributed by atoms with Crippen LogP contribution in [0.1, 0.15) is 34.1 Å². The number of carbonyl (C=O) groups is 2. The number of nitrogens with one attached hydrogen (secondary N) is 2. The molecule has 0 saturated heterocycles. The normalized spacial score (nSPS) is 12.7. The second-order valence-electron chi connectivity index (χ2n) is 5.98. The van der Waals surface area contributed by atoms with Gasteiger partial charge in [0, 0.05) is 30.8 Å². The highest BCUT2D eigenvalue weighted by Crippen LogP contribution is 2.20. The van der Waals surface area contributed by atoms with Gasteiger partial charge in [0.15, 0.2) is 0 Å². The molecule has 0 heterocycles. The molecule has 1 atom stereocenters. The van der Waals surface area contributed by atoms with E-state index in [1.165, 1.54) is 6.92 Å². The van der Waals surface area contributed by atoms with Crippen molar-refractivity contribution in [1.29, 1.82) is 0 Å². The highest BCUT2D eigenvalue weighted by atomic mass is 16.2. The highest BCUT2D eigenvalue weighted by molar-refractivity contribution is 5.92. The summed E-state index contributed by atoms with van der Waals surface area (Å²) in [5, 5.41) is 5.46. The maximum absolute atomic E-state index is 11.9. The Kier molecular flexibility index (Phi) is 5.27. The molecule has 0 saturated carbocycles. The second kappa shape index (κ2) is 6.52. The van der Waals surface area contributed by atoms with Gasteiger partial charge in [-0.05, 0) is 29.7 Å². The van der Waals surface area contributed by atoms with Crippen LogP contribution in [-0.2, 0) is 9.59 Å². The van der Waals surface area contributed by atoms with Crippen molar-refractivity contribution in [3.63, 3.8) is 0 Å². The van der Waals surface area contributed by atoms with Crippen molar-refractivity contribution >= 4 is 23.2 Å². The van der Waals surface area contributed by atoms with Crippen LogP contribution < -0.4 is 16.4 Å². The molecular weight excluding hydrogens is 254 g/mol. The van der Waals surface area contributed by atoms with E-state index in [4.69, 9.17) is 5.73 Å². The minimum atomic E-state index is -0.193. The fraction of sp³-hybridized carbons (Fsp3) is 0.467. The van der Waals surface area contributed by atoms with Gasteiger partial charge in [0.2, 0.25) is 11.8 Å². The lowest BCUT2D eigenvalue weighted by Gasteiger charge is -2.26. The number of hydrogen-bond acceptors (Lipinski definition) is 3. The van der Waals surface area contributed by atoms with Crippen LogP contribution in [-0.4, -0.2) is 17.9 Å². The Hall–Kier alpha value is -1.88. The van der Waals surface area contributed by atoms with Gasteiger partial charge in [-0.1, -0.05) is 20.8 Å². The molecule has 0 spiro atoms. The molecule has 0 bridgehead atoms. The summed E-state index contributed by atoms with van der Waals surface area (Å²) in [5.74, 6) is -0.238. The van der Waals surface area contributed by atoms with E-state index in [1.807, 2.05) is 20.8 Å². The zero-order valence-corrected chi connectivity index (χ0v) is 12.5. The number of benzene rings is 1. The van der Waals surface area contributed by atoms with E-state index in [0.717, 1.165) is 0 Å². The largest absolute Gasteiger partial charge is 0.327 e. The zero-order valence-electron chi connectivity index (χ0n) is 12.5. The second-order valence-corrected chi connectivity index (χ2v) is 5.98. The molecule has 0 aliphatic carbocycles. The summed E-state index contributed by atoms with van der Waals surface area (Å²) in [5.41, 5.74) is 7.25. The predicted molar refractivity (Wildman–Crippen MR) is 81.4 cm³/mol. The summed E-state index contributed by atoms with van der Waals surface area (Å²) in [6.45, 7) is 7.47. The van der Waals surface area contributed by atoms with Crippen LogP contribution in [0.25, 0.3) is 0 Å². The molecule has 20 heavy (non-hydrogen) atoms. The van der Waals surface area contributed by atoms with Crippen molar-refractivity contribution < 1.29 is 9.59 Å². The summed E-state index contributed by atoms with van der Waals surface area (Å²) < 4.78 is 0. The fourth-order valence-electron chi connectivity index (χ4n) is 1.56. The molecular formula is C15H23N3O2. The Morgan fingerprint density at radius 2 is 1.55 bits per heavy atom. The average Bonchev–Trinajstić information content (AvgIpc) is 2.29. The molecule has 0 radical (unpaired) electrons. The molecule has 1 unspecified atom stereocenters. The molecule has 0 aromatic heterocycles. The van der Waals surface area contributed by atoms with Gasteiger partial charge in [0.1, 0.15) is 0 Å². The summed E-state index contributed by atoms with van der Waals surface area (Å²) in [4.78, 5) is 22.8. The molecule has 1 aromatic carbocycles. The van der Waals surface area contributed by atoms with Crippen LogP contribution in [0.3, 0.4) is 0 Å². The Labute approximate surface area is 119 Å². The van der Waals surface area contributed by atoms with Gasteiger partial charge in [-0.15, -0.1) is 0 Å². The number of amides is 2. The number of hydrogen-bond donors (Lipinski definition) is 3. The minimum absolute atomic E-state index is 0.105. The van der Waals surface area contributed by atoms with Crippen LogP contribution in [0.5, 0.6) is 0 Å². The van der Waals surface area contributed by atoms with Gasteiger partial charge in [-0.3, -0.25) is 9.59 Å². The lowest BCUT2D eigenvalue weighted by molar-refractivity contribution is -0.117. The Balaban J connectivity index is 2.56. The third-order valence-electron chi connectivity index (χ3n) is 3.01. The first kappa shape index (κ1) is 16.2. The summed E-state index contributed by atoms with van der Waals surface area (Å²) in [7, 11) is 0. The van der Waals surface area contributed by atoms with Crippen molar-refractivity contribution in [2.24, 2.45) is 11.1 Å². The first-order chi connectivity index (χ1) is 9.18. The van der Waals surface area contributed by atoms with E-state index in [1.54, 1.807) is 24.3 Å². The van der Waals surface area contributed by atoms with Crippen molar-refractivity contribution in [3.05, 3.63) is 24.3 Å². The molecule has 1 aromatic rings. The smallest absolute Gasteiger partial charge is 0.225 e. The SMILES string of the molecule is CC(=O)Nc1ccc(NC(=O)CC(N)C(C)(C)C)cc1. The summed E-state index contributed by atoms with van der Waals surface area (Å²) >= 11 is 0. The quantitative estimate of drug-likeness (QED) is 0.789. The fourth-order valence-corrected chi connectivity index (χ4v) is 1.56. The van der Waals surface area contributed by atoms with Crippen molar-refractivity contribution in [3.8, 4) is 0 Å². The molecule has 0 fully saturated rings. The molecule has 2 amide bonds. The maximum atomic E-state index is 11.9. The maximum Gasteiger partial charge on any atom is 0.225 e. The number of carbonyl (C=O) groups excluding carboxylic acids is 2. The minimum Gasteiger partial charge on any atom is -0.327 e. The Bertz CT molecular complexity index is 475. The van der Waals surface area contributed by atoms with Gasteiger partial charge < -0.3 is 16.4 Å². The zero-order chi connectivity index (χ0) is 15.3. The lowest BCUT2D eigenvalue weighted by Crippen LogP contribution is -2.38. The van der Waals surface area contributed by atoms with Gasteiger partial charge in [0.25, 0.3) is 0 Å². The lowest BCUT2D eigenvalue weighted by atomic mass is 9.85. The van der Waals surface area contributed by atoms with Gasteiger partial charge in [-0.2, -0.15) is 0 Å². The molecule has 5 nitrogen and oxygen atoms in total. The highest BCUT2D eigenvalue weighted by Gasteiger charge is 2.23. The van der Waals surface area contributed by atoms with Crippen LogP contribution in [0.4, 0.5) is 11.4 Å². The Morgan fingerprint density at radius 3 is 1.95 bits per heavy atom. The molecule has 4 N–H and O–H groups in total. The van der Waals surface area contributed by atoms with E-state index in [9.17, 15) is 9.59 Å². The van der Waals surface area contributed by atoms with E-state index < -0.39 is 0 Å². The third kappa shape index (κ3) is 5.40. The standard InChI is InChI=1S/C15H23N3O2/c1-10(19)17-11-5-7-12(8-6-11)18-14(20)9-13(16)15(2,3)4/h5-8,13H,9,16H2,1-4H3,(H,17,19)(H,18,20). The number of rotatable bonds is 4. The van der Waals surface area contributed by atoms with Crippen LogP contribution in [0.2, 0.25) is 0 Å². The molecule has 0 aliphatic rings. The third-order valence-corrected chi connectivity index (χ3v) is 3.01. The van der Waals surface area contributed by atoms with Crippen molar-refractivity contribution in [2.75, 3.05) is 10.6 Å². The summed E-state index contributed by atoms with van der Waals surface area (Å²) in [6.07, 6.45) is 0.275. The summed E-state index contributed by atoms with van der Waals surface area (Å²) in [6, 6.07) is 6.76. The molecule has 0 aliphatic heterocycles. The Morgan fingerprint density at radius 1 is 1.10 bits per heavy atom. The van der Waals surface area contributed by atoms with Crippen LogP contribution >= 0.6 is 0 Å². The topological polar surface area (TPSA) is 84.2 Å². The number of anilines is 2. The molecule has 1 rings (SSSR count). The van der Waals surface area contributed by atoms with Gasteiger partial charge >= 0.3 is 0 Å². The first-order valence-corrected chi connectivity index (χ1v) is 6.61. The first-order valence-electron chi connectivity index (χ1n) is 6.61. The van der Waals surface area contributed by atoms with E-state index in [2.05, 4.69) is 10.6 Å². The van der Waals surface area contributed by atoms with E-state index >= 15 is 0 Å². The monoisotopic (exact) mass is 277 g/mol. The molecule has 110 valence electrons. The van der Waals surface area contributed by atoms with Crippen molar-refractivity contribution in [2.45, 2.75) is 40.2 Å². The van der Waals surface area contributed by atoms with Crippen molar-refractivity contribution in [1.82, 2.24) is 0 Å². The number of nitrogens with two attached hydrogens (primary N) is 1. The van der Waals surface area contributed by atoms with Crippen LogP contribution in [0, 0.1) is 5.41 Å². The van der Waals surface area contributed by atoms with Gasteiger partial charge in [-0.25, -0.2) is 0 Å².